The Balaban J connectivity index is 2.85. The standard InChI is InChI=1S/C9H10N2/c1-2-8(6-10)9-4-3-5-11-7-9/h3-5,7-8H,2H2,1H3. The molecule has 0 N–H and O–H groups in total. The van der Waals surface area contributed by atoms with E-state index in [1.807, 2.05) is 19.1 Å². The van der Waals surface area contributed by atoms with Crippen molar-refractivity contribution in [3.8, 4) is 6.07 Å². The first-order valence-corrected chi connectivity index (χ1v) is 3.68. The van der Waals surface area contributed by atoms with E-state index in [4.69, 9.17) is 5.26 Å². The molecule has 1 unspecified atom stereocenters. The average molecular weight is 146 g/mol. The Kier molecular flexibility index (Phi) is 2.62. The highest BCUT2D eigenvalue weighted by atomic mass is 14.6. The predicted molar refractivity (Wildman–Crippen MR) is 42.9 cm³/mol. The Morgan fingerprint density at radius 3 is 3.00 bits per heavy atom. The van der Waals surface area contributed by atoms with Crippen molar-refractivity contribution in [2.75, 3.05) is 0 Å². The molecule has 0 radical (unpaired) electrons. The fraction of sp³-hybridized carbons (Fsp3) is 0.333. The number of hydrogen-bond acceptors (Lipinski definition) is 2. The number of nitrogens with zero attached hydrogens (tertiary/aromatic N) is 2. The lowest BCUT2D eigenvalue weighted by molar-refractivity contribution is 0.813. The molecule has 1 aromatic rings. The van der Waals surface area contributed by atoms with Gasteiger partial charge in [-0.2, -0.15) is 5.26 Å². The zero-order valence-electron chi connectivity index (χ0n) is 6.49. The highest BCUT2D eigenvalue weighted by Gasteiger charge is 2.05. The lowest BCUT2D eigenvalue weighted by Gasteiger charge is -2.03. The largest absolute Gasteiger partial charge is 0.264 e. The molecule has 0 saturated heterocycles. The summed E-state index contributed by atoms with van der Waals surface area (Å²) in [5.41, 5.74) is 1.01. The third-order valence-electron chi connectivity index (χ3n) is 1.65. The summed E-state index contributed by atoms with van der Waals surface area (Å²) >= 11 is 0. The first-order valence-electron chi connectivity index (χ1n) is 3.68. The van der Waals surface area contributed by atoms with E-state index in [1.54, 1.807) is 12.4 Å². The van der Waals surface area contributed by atoms with Crippen LogP contribution in [0.2, 0.25) is 0 Å². The van der Waals surface area contributed by atoms with Crippen LogP contribution >= 0.6 is 0 Å². The highest BCUT2D eigenvalue weighted by molar-refractivity contribution is 5.20. The van der Waals surface area contributed by atoms with Crippen molar-refractivity contribution < 1.29 is 0 Å². The maximum atomic E-state index is 8.70. The van der Waals surface area contributed by atoms with Crippen LogP contribution in [-0.2, 0) is 0 Å². The van der Waals surface area contributed by atoms with Gasteiger partial charge in [0.2, 0.25) is 0 Å². The van der Waals surface area contributed by atoms with Gasteiger partial charge in [0.25, 0.3) is 0 Å². The molecule has 0 spiro atoms. The van der Waals surface area contributed by atoms with Gasteiger partial charge < -0.3 is 0 Å². The van der Waals surface area contributed by atoms with E-state index in [9.17, 15) is 0 Å². The second-order valence-electron chi connectivity index (χ2n) is 2.38. The van der Waals surface area contributed by atoms with Crippen molar-refractivity contribution in [1.29, 1.82) is 5.26 Å². The van der Waals surface area contributed by atoms with Crippen molar-refractivity contribution in [3.05, 3.63) is 30.1 Å². The molecule has 0 saturated carbocycles. The summed E-state index contributed by atoms with van der Waals surface area (Å²) in [6.45, 7) is 2.00. The maximum absolute atomic E-state index is 8.70. The number of hydrogen-bond donors (Lipinski definition) is 0. The van der Waals surface area contributed by atoms with Gasteiger partial charge in [-0.05, 0) is 18.1 Å². The lowest BCUT2D eigenvalue weighted by atomic mass is 10.0. The second kappa shape index (κ2) is 3.72. The molecule has 0 fully saturated rings. The zero-order chi connectivity index (χ0) is 8.10. The Hall–Kier alpha value is -1.36. The van der Waals surface area contributed by atoms with Crippen LogP contribution < -0.4 is 0 Å². The van der Waals surface area contributed by atoms with Gasteiger partial charge in [-0.15, -0.1) is 0 Å². The smallest absolute Gasteiger partial charge is 0.0725 e. The summed E-state index contributed by atoms with van der Waals surface area (Å²) in [5.74, 6) is 0.00343. The van der Waals surface area contributed by atoms with Gasteiger partial charge in [-0.25, -0.2) is 0 Å². The molecule has 0 aromatic carbocycles. The van der Waals surface area contributed by atoms with Gasteiger partial charge in [-0.3, -0.25) is 4.98 Å². The normalized spacial score (nSPS) is 12.0. The molecule has 1 atom stereocenters. The van der Waals surface area contributed by atoms with E-state index in [-0.39, 0.29) is 5.92 Å². The molecule has 0 bridgehead atoms. The van der Waals surface area contributed by atoms with Gasteiger partial charge in [0.05, 0.1) is 12.0 Å². The minimum absolute atomic E-state index is 0.00343. The van der Waals surface area contributed by atoms with E-state index < -0.39 is 0 Å². The fourth-order valence-corrected chi connectivity index (χ4v) is 0.984. The van der Waals surface area contributed by atoms with Gasteiger partial charge in [0.15, 0.2) is 0 Å². The van der Waals surface area contributed by atoms with Crippen LogP contribution in [-0.4, -0.2) is 4.98 Å². The van der Waals surface area contributed by atoms with Crippen LogP contribution in [0, 0.1) is 11.3 Å². The van der Waals surface area contributed by atoms with Crippen molar-refractivity contribution in [2.45, 2.75) is 19.3 Å². The zero-order valence-corrected chi connectivity index (χ0v) is 6.49. The molecule has 2 nitrogen and oxygen atoms in total. The van der Waals surface area contributed by atoms with Crippen LogP contribution in [0.4, 0.5) is 0 Å². The van der Waals surface area contributed by atoms with E-state index in [0.717, 1.165) is 12.0 Å². The minimum Gasteiger partial charge on any atom is -0.264 e. The van der Waals surface area contributed by atoms with Crippen molar-refractivity contribution in [1.82, 2.24) is 4.98 Å². The molecule has 2 heteroatoms. The summed E-state index contributed by atoms with van der Waals surface area (Å²) in [4.78, 5) is 3.95. The van der Waals surface area contributed by atoms with Gasteiger partial charge in [-0.1, -0.05) is 13.0 Å². The molecular formula is C9H10N2. The monoisotopic (exact) mass is 146 g/mol. The molecule has 11 heavy (non-hydrogen) atoms. The molecular weight excluding hydrogens is 136 g/mol. The lowest BCUT2D eigenvalue weighted by Crippen LogP contribution is -1.93. The van der Waals surface area contributed by atoms with Gasteiger partial charge in [0.1, 0.15) is 0 Å². The summed E-state index contributed by atoms with van der Waals surface area (Å²) in [7, 11) is 0. The van der Waals surface area contributed by atoms with Crippen LogP contribution in [0.1, 0.15) is 24.8 Å². The Morgan fingerprint density at radius 1 is 1.73 bits per heavy atom. The molecule has 1 heterocycles. The third-order valence-corrected chi connectivity index (χ3v) is 1.65. The van der Waals surface area contributed by atoms with Crippen LogP contribution in [0.15, 0.2) is 24.5 Å². The molecule has 56 valence electrons. The minimum atomic E-state index is 0.00343. The second-order valence-corrected chi connectivity index (χ2v) is 2.38. The SMILES string of the molecule is CCC(C#N)c1cccnc1. The topological polar surface area (TPSA) is 36.7 Å². The fourth-order valence-electron chi connectivity index (χ4n) is 0.984. The number of aromatic nitrogens is 1. The van der Waals surface area contributed by atoms with E-state index in [0.29, 0.717) is 0 Å². The van der Waals surface area contributed by atoms with Crippen LogP contribution in [0.3, 0.4) is 0 Å². The van der Waals surface area contributed by atoms with Crippen LogP contribution in [0.5, 0.6) is 0 Å². The van der Waals surface area contributed by atoms with Crippen molar-refractivity contribution in [3.63, 3.8) is 0 Å². The molecule has 1 rings (SSSR count). The molecule has 0 aliphatic carbocycles. The third kappa shape index (κ3) is 1.78. The summed E-state index contributed by atoms with van der Waals surface area (Å²) in [6.07, 6.45) is 4.31. The highest BCUT2D eigenvalue weighted by Crippen LogP contribution is 2.15. The van der Waals surface area contributed by atoms with Crippen molar-refractivity contribution >= 4 is 0 Å². The number of pyridine rings is 1. The Morgan fingerprint density at radius 2 is 2.55 bits per heavy atom. The van der Waals surface area contributed by atoms with E-state index in [1.165, 1.54) is 0 Å². The maximum Gasteiger partial charge on any atom is 0.0725 e. The summed E-state index contributed by atoms with van der Waals surface area (Å²) in [6, 6.07) is 6.02. The van der Waals surface area contributed by atoms with E-state index in [2.05, 4.69) is 11.1 Å². The van der Waals surface area contributed by atoms with Gasteiger partial charge in [0, 0.05) is 12.4 Å². The first-order chi connectivity index (χ1) is 5.38. The molecule has 0 aliphatic rings. The molecule has 0 amide bonds. The average Bonchev–Trinajstić information content (AvgIpc) is 2.09. The summed E-state index contributed by atoms with van der Waals surface area (Å²) in [5, 5.41) is 8.70. The first kappa shape index (κ1) is 7.74. The number of nitriles is 1. The predicted octanol–water partition coefficient (Wildman–Crippen LogP) is 2.10. The Bertz CT molecular complexity index is 248. The van der Waals surface area contributed by atoms with Crippen LogP contribution in [0.25, 0.3) is 0 Å². The summed E-state index contributed by atoms with van der Waals surface area (Å²) < 4.78 is 0. The Labute approximate surface area is 66.5 Å². The van der Waals surface area contributed by atoms with Gasteiger partial charge >= 0.3 is 0 Å². The molecule has 0 aliphatic heterocycles. The molecule has 1 aromatic heterocycles. The van der Waals surface area contributed by atoms with E-state index >= 15 is 0 Å². The number of rotatable bonds is 2. The van der Waals surface area contributed by atoms with Crippen molar-refractivity contribution in [2.24, 2.45) is 0 Å². The quantitative estimate of drug-likeness (QED) is 0.640.